The predicted octanol–water partition coefficient (Wildman–Crippen LogP) is -4.45. The van der Waals surface area contributed by atoms with Crippen molar-refractivity contribution in [1.29, 1.82) is 0 Å². The number of hydrogen-bond acceptors (Lipinski definition) is 5. The average Bonchev–Trinajstić information content (AvgIpc) is 2.15. The third kappa shape index (κ3) is 9.88. The molecule has 106 valence electrons. The normalized spacial score (nSPS) is 10.8. The van der Waals surface area contributed by atoms with Crippen LogP contribution in [0, 0.1) is 0 Å². The first-order valence-electron chi connectivity index (χ1n) is 4.42. The van der Waals surface area contributed by atoms with Crippen molar-refractivity contribution < 1.29 is 87.7 Å². The molecule has 0 bridgehead atoms. The van der Waals surface area contributed by atoms with Crippen molar-refractivity contribution in [2.45, 2.75) is 24.9 Å². The standard InChI is InChI=1S/C8H11NO8.Fe.Na.H/c10-4(11)2-1-3(6(12)13)9-5(7(14)15)8(16)17;;;/h3,5,9H,1-2H2,(H,10,11)(H,12,13)(H,14,15)(H,16,17);;;/q;;+1;-1/t3-;;;/m0.../s1. The Labute approximate surface area is 141 Å². The molecule has 5 N–H and O–H groups in total. The summed E-state index contributed by atoms with van der Waals surface area (Å²) in [5.41, 5.74) is 0. The van der Waals surface area contributed by atoms with Gasteiger partial charge in [0.05, 0.1) is 0 Å². The molecule has 0 aliphatic heterocycles. The minimum atomic E-state index is -2.09. The van der Waals surface area contributed by atoms with Gasteiger partial charge < -0.3 is 21.9 Å². The van der Waals surface area contributed by atoms with E-state index in [2.05, 4.69) is 0 Å². The molecule has 19 heavy (non-hydrogen) atoms. The van der Waals surface area contributed by atoms with Crippen molar-refractivity contribution in [3.8, 4) is 0 Å². The third-order valence-electron chi connectivity index (χ3n) is 1.81. The summed E-state index contributed by atoms with van der Waals surface area (Å²) in [6.07, 6.45) is -0.933. The molecule has 0 unspecified atom stereocenters. The Hall–Kier alpha value is -0.641. The van der Waals surface area contributed by atoms with Crippen LogP contribution in [0.25, 0.3) is 0 Å². The summed E-state index contributed by atoms with van der Waals surface area (Å²) in [5, 5.41) is 35.8. The summed E-state index contributed by atoms with van der Waals surface area (Å²) in [4.78, 5) is 41.8. The molecule has 0 aliphatic carbocycles. The quantitative estimate of drug-likeness (QED) is 0.218. The van der Waals surface area contributed by atoms with Crippen LogP contribution in [0.4, 0.5) is 0 Å². The fraction of sp³-hybridized carbons (Fsp3) is 0.500. The van der Waals surface area contributed by atoms with E-state index in [1.165, 1.54) is 0 Å². The van der Waals surface area contributed by atoms with Gasteiger partial charge in [0, 0.05) is 23.5 Å². The minimum absolute atomic E-state index is 0. The van der Waals surface area contributed by atoms with Gasteiger partial charge in [-0.15, -0.1) is 0 Å². The Kier molecular flexibility index (Phi) is 13.8. The number of carboxylic acids is 4. The van der Waals surface area contributed by atoms with Crippen LogP contribution in [0.2, 0.25) is 0 Å². The van der Waals surface area contributed by atoms with E-state index >= 15 is 0 Å². The summed E-state index contributed by atoms with van der Waals surface area (Å²) in [6, 6.07) is -3.65. The Morgan fingerprint density at radius 2 is 1.37 bits per heavy atom. The molecule has 0 rings (SSSR count). The van der Waals surface area contributed by atoms with Gasteiger partial charge in [0.2, 0.25) is 6.04 Å². The molecule has 0 aliphatic rings. The second-order valence-electron chi connectivity index (χ2n) is 3.10. The van der Waals surface area contributed by atoms with Gasteiger partial charge in [-0.05, 0) is 6.42 Å². The van der Waals surface area contributed by atoms with Crippen LogP contribution in [-0.4, -0.2) is 56.4 Å². The first-order valence-corrected chi connectivity index (χ1v) is 4.42. The van der Waals surface area contributed by atoms with Crippen molar-refractivity contribution in [3.05, 3.63) is 0 Å². The maximum absolute atomic E-state index is 10.7. The molecular weight excluding hydrogens is 317 g/mol. The van der Waals surface area contributed by atoms with Crippen molar-refractivity contribution in [1.82, 2.24) is 5.32 Å². The second kappa shape index (κ2) is 11.2. The smallest absolute Gasteiger partial charge is 1.00 e. The zero-order valence-corrected chi connectivity index (χ0v) is 12.9. The molecule has 0 aromatic carbocycles. The van der Waals surface area contributed by atoms with Crippen LogP contribution in [0.3, 0.4) is 0 Å². The minimum Gasteiger partial charge on any atom is -1.00 e. The number of aliphatic carboxylic acids is 4. The molecule has 1 atom stereocenters. The van der Waals surface area contributed by atoms with Gasteiger partial charge in [-0.2, -0.15) is 0 Å². The summed E-state index contributed by atoms with van der Waals surface area (Å²) < 4.78 is 0. The first-order chi connectivity index (χ1) is 7.75. The van der Waals surface area contributed by atoms with Crippen molar-refractivity contribution >= 4 is 23.9 Å². The molecule has 0 aromatic heterocycles. The summed E-state index contributed by atoms with van der Waals surface area (Å²) in [6.45, 7) is 0. The van der Waals surface area contributed by atoms with Gasteiger partial charge in [-0.1, -0.05) is 0 Å². The zero-order valence-electron chi connectivity index (χ0n) is 10.8. The first kappa shape index (κ1) is 23.5. The fourth-order valence-electron chi connectivity index (χ4n) is 0.995. The van der Waals surface area contributed by atoms with Crippen LogP contribution in [-0.2, 0) is 36.2 Å². The van der Waals surface area contributed by atoms with Gasteiger partial charge in [0.1, 0.15) is 6.04 Å². The van der Waals surface area contributed by atoms with E-state index in [4.69, 9.17) is 20.4 Å². The van der Waals surface area contributed by atoms with E-state index in [0.717, 1.165) is 0 Å². The number of carboxylic acid groups (broad SMARTS) is 4. The van der Waals surface area contributed by atoms with Gasteiger partial charge in [-0.3, -0.25) is 14.9 Å². The maximum atomic E-state index is 10.7. The summed E-state index contributed by atoms with van der Waals surface area (Å²) >= 11 is 0. The molecule has 0 saturated heterocycles. The molecule has 9 nitrogen and oxygen atoms in total. The van der Waals surface area contributed by atoms with Gasteiger partial charge >= 0.3 is 53.4 Å². The average molecular weight is 329 g/mol. The molecule has 0 fully saturated rings. The Morgan fingerprint density at radius 1 is 0.947 bits per heavy atom. The summed E-state index contributed by atoms with van der Waals surface area (Å²) in [7, 11) is 0. The van der Waals surface area contributed by atoms with Crippen molar-refractivity contribution in [3.63, 3.8) is 0 Å². The molecular formula is C8H12FeNNaO8. The molecule has 0 spiro atoms. The zero-order chi connectivity index (χ0) is 13.6. The topological polar surface area (TPSA) is 161 Å². The third-order valence-corrected chi connectivity index (χ3v) is 1.81. The predicted molar refractivity (Wildman–Crippen MR) is 51.6 cm³/mol. The molecule has 0 aromatic rings. The summed E-state index contributed by atoms with van der Waals surface area (Å²) in [5.74, 6) is -6.28. The van der Waals surface area contributed by atoms with E-state index in [1.807, 2.05) is 5.32 Å². The number of hydrogen-bond donors (Lipinski definition) is 5. The van der Waals surface area contributed by atoms with Crippen molar-refractivity contribution in [2.24, 2.45) is 0 Å². The number of carbonyl (C=O) groups is 4. The van der Waals surface area contributed by atoms with Gasteiger partial charge in [0.25, 0.3) is 0 Å². The largest absolute Gasteiger partial charge is 1.00 e. The van der Waals surface area contributed by atoms with E-state index in [0.29, 0.717) is 0 Å². The van der Waals surface area contributed by atoms with Crippen LogP contribution >= 0.6 is 0 Å². The maximum Gasteiger partial charge on any atom is 1.00 e. The molecule has 0 saturated carbocycles. The molecule has 0 heterocycles. The Balaban J connectivity index is -0.000000427. The molecule has 0 amide bonds. The fourth-order valence-corrected chi connectivity index (χ4v) is 0.995. The van der Waals surface area contributed by atoms with E-state index in [9.17, 15) is 19.2 Å². The van der Waals surface area contributed by atoms with E-state index < -0.39 is 48.8 Å². The SMILES string of the molecule is O=C(O)CC[C@H](NC(C(=O)O)C(=O)O)C(=O)O.[Fe].[H-].[Na+]. The van der Waals surface area contributed by atoms with Crippen LogP contribution in [0.1, 0.15) is 14.3 Å². The Bertz CT molecular complexity index is 341. The van der Waals surface area contributed by atoms with Crippen LogP contribution in [0.15, 0.2) is 0 Å². The van der Waals surface area contributed by atoms with E-state index in [-0.39, 0.29) is 48.1 Å². The van der Waals surface area contributed by atoms with Gasteiger partial charge in [0.15, 0.2) is 0 Å². The van der Waals surface area contributed by atoms with Crippen LogP contribution < -0.4 is 34.9 Å². The Morgan fingerprint density at radius 3 is 1.63 bits per heavy atom. The number of nitrogens with one attached hydrogen (secondary N) is 1. The van der Waals surface area contributed by atoms with Crippen molar-refractivity contribution in [2.75, 3.05) is 0 Å². The van der Waals surface area contributed by atoms with E-state index in [1.54, 1.807) is 0 Å². The van der Waals surface area contributed by atoms with Crippen LogP contribution in [0.5, 0.6) is 0 Å². The van der Waals surface area contributed by atoms with Gasteiger partial charge in [-0.25, -0.2) is 9.59 Å². The second-order valence-corrected chi connectivity index (χ2v) is 3.10. The number of rotatable bonds is 8. The molecule has 0 radical (unpaired) electrons. The molecule has 11 heteroatoms. The monoisotopic (exact) mass is 329 g/mol.